The normalized spacial score (nSPS) is 11.8. The Bertz CT molecular complexity index is 2570. The van der Waals surface area contributed by atoms with E-state index in [-0.39, 0.29) is 0 Å². The van der Waals surface area contributed by atoms with Crippen LogP contribution in [0.5, 0.6) is 0 Å². The van der Waals surface area contributed by atoms with Crippen molar-refractivity contribution >= 4 is 65.9 Å². The van der Waals surface area contributed by atoms with Gasteiger partial charge in [-0.1, -0.05) is 121 Å². The number of para-hydroxylation sites is 1. The van der Waals surface area contributed by atoms with Crippen molar-refractivity contribution in [3.63, 3.8) is 0 Å². The predicted molar refractivity (Wildman–Crippen MR) is 181 cm³/mol. The Labute approximate surface area is 257 Å². The first-order chi connectivity index (χ1) is 21.7. The standard InChI is InChI=1S/C39H22ClN3O/c40-33-22-31-27-16-7-5-14-25(27)24-13-4-6-15-26(24)30(31)21-32(33)39-42-37(23-11-2-1-3-12-23)41-38(43-39)29-18-10-20-35-36(29)28-17-8-9-19-34(28)44-35/h1-22H. The van der Waals surface area contributed by atoms with Crippen LogP contribution in [0, 0.1) is 0 Å². The maximum atomic E-state index is 7.13. The summed E-state index contributed by atoms with van der Waals surface area (Å²) in [5.74, 6) is 1.66. The molecule has 0 aliphatic heterocycles. The number of hydrogen-bond acceptors (Lipinski definition) is 4. The lowest BCUT2D eigenvalue weighted by Gasteiger charge is -2.14. The summed E-state index contributed by atoms with van der Waals surface area (Å²) < 4.78 is 6.20. The van der Waals surface area contributed by atoms with Gasteiger partial charge >= 0.3 is 0 Å². The molecule has 2 heterocycles. The maximum absolute atomic E-state index is 7.13. The molecule has 9 rings (SSSR count). The zero-order valence-electron chi connectivity index (χ0n) is 23.3. The predicted octanol–water partition coefficient (Wildman–Crippen LogP) is 10.9. The summed E-state index contributed by atoms with van der Waals surface area (Å²) in [5, 5.41) is 9.49. The van der Waals surface area contributed by atoms with E-state index >= 15 is 0 Å². The van der Waals surface area contributed by atoms with E-state index in [9.17, 15) is 0 Å². The summed E-state index contributed by atoms with van der Waals surface area (Å²) in [6.45, 7) is 0. The van der Waals surface area contributed by atoms with Crippen molar-refractivity contribution in [1.29, 1.82) is 0 Å². The van der Waals surface area contributed by atoms with Crippen LogP contribution in [-0.4, -0.2) is 15.0 Å². The van der Waals surface area contributed by atoms with Crippen LogP contribution in [0.15, 0.2) is 138 Å². The van der Waals surface area contributed by atoms with E-state index in [0.29, 0.717) is 22.5 Å². The van der Waals surface area contributed by atoms with Crippen LogP contribution in [0.4, 0.5) is 0 Å². The fraction of sp³-hybridized carbons (Fsp3) is 0. The van der Waals surface area contributed by atoms with Gasteiger partial charge in [0, 0.05) is 27.5 Å². The zero-order valence-corrected chi connectivity index (χ0v) is 24.1. The van der Waals surface area contributed by atoms with Crippen LogP contribution in [0.1, 0.15) is 0 Å². The van der Waals surface area contributed by atoms with Gasteiger partial charge in [0.15, 0.2) is 17.5 Å². The van der Waals surface area contributed by atoms with Crippen molar-refractivity contribution < 1.29 is 4.42 Å². The van der Waals surface area contributed by atoms with Gasteiger partial charge in [-0.25, -0.2) is 15.0 Å². The number of fused-ring (bicyclic) bond motifs is 9. The quantitative estimate of drug-likeness (QED) is 0.194. The molecule has 0 N–H and O–H groups in total. The van der Waals surface area contributed by atoms with Crippen LogP contribution in [-0.2, 0) is 0 Å². The molecular weight excluding hydrogens is 562 g/mol. The van der Waals surface area contributed by atoms with Crippen molar-refractivity contribution in [2.75, 3.05) is 0 Å². The summed E-state index contributed by atoms with van der Waals surface area (Å²) >= 11 is 7.13. The van der Waals surface area contributed by atoms with Gasteiger partial charge in [-0.3, -0.25) is 0 Å². The average Bonchev–Trinajstić information content (AvgIpc) is 3.47. The molecule has 7 aromatic carbocycles. The van der Waals surface area contributed by atoms with E-state index in [0.717, 1.165) is 60.2 Å². The molecule has 0 amide bonds. The molecule has 0 radical (unpaired) electrons. The third-order valence-electron chi connectivity index (χ3n) is 8.38. The molecule has 206 valence electrons. The summed E-state index contributed by atoms with van der Waals surface area (Å²) in [7, 11) is 0. The number of aromatic nitrogens is 3. The second-order valence-corrected chi connectivity index (χ2v) is 11.3. The Morgan fingerprint density at radius 2 is 0.932 bits per heavy atom. The Morgan fingerprint density at radius 1 is 0.409 bits per heavy atom. The van der Waals surface area contributed by atoms with Crippen molar-refractivity contribution in [2.45, 2.75) is 0 Å². The minimum Gasteiger partial charge on any atom is -0.456 e. The van der Waals surface area contributed by atoms with E-state index < -0.39 is 0 Å². The Morgan fingerprint density at radius 3 is 1.64 bits per heavy atom. The third kappa shape index (κ3) is 3.82. The SMILES string of the molecule is Clc1cc2c3ccccc3c3ccccc3c2cc1-c1nc(-c2ccccc2)nc(-c2cccc3oc4ccccc4c23)n1. The van der Waals surface area contributed by atoms with Crippen molar-refractivity contribution in [3.05, 3.63) is 138 Å². The number of rotatable bonds is 3. The highest BCUT2D eigenvalue weighted by atomic mass is 35.5. The smallest absolute Gasteiger partial charge is 0.165 e. The minimum absolute atomic E-state index is 0.516. The monoisotopic (exact) mass is 583 g/mol. The fourth-order valence-corrected chi connectivity index (χ4v) is 6.64. The molecule has 0 aliphatic carbocycles. The Hall–Kier alpha value is -5.58. The summed E-state index contributed by atoms with van der Waals surface area (Å²) in [5.41, 5.74) is 4.14. The molecule has 2 aromatic heterocycles. The summed E-state index contributed by atoms with van der Waals surface area (Å²) in [6.07, 6.45) is 0. The molecule has 5 heteroatoms. The van der Waals surface area contributed by atoms with E-state index in [1.54, 1.807) is 0 Å². The number of hydrogen-bond donors (Lipinski definition) is 0. The van der Waals surface area contributed by atoms with Crippen molar-refractivity contribution in [3.8, 4) is 34.2 Å². The number of furan rings is 1. The highest BCUT2D eigenvalue weighted by Gasteiger charge is 2.20. The lowest BCUT2D eigenvalue weighted by Crippen LogP contribution is -2.01. The van der Waals surface area contributed by atoms with Gasteiger partial charge in [0.25, 0.3) is 0 Å². The second kappa shape index (κ2) is 9.73. The molecule has 0 unspecified atom stereocenters. The topological polar surface area (TPSA) is 51.8 Å². The van der Waals surface area contributed by atoms with Crippen LogP contribution in [0.3, 0.4) is 0 Å². The Kier molecular flexibility index (Phi) is 5.52. The molecular formula is C39H22ClN3O. The lowest BCUT2D eigenvalue weighted by atomic mass is 9.93. The maximum Gasteiger partial charge on any atom is 0.165 e. The van der Waals surface area contributed by atoms with Gasteiger partial charge in [0.05, 0.1) is 5.02 Å². The van der Waals surface area contributed by atoms with E-state index in [2.05, 4.69) is 66.7 Å². The van der Waals surface area contributed by atoms with E-state index in [1.165, 1.54) is 10.8 Å². The third-order valence-corrected chi connectivity index (χ3v) is 8.70. The van der Waals surface area contributed by atoms with Gasteiger partial charge in [-0.2, -0.15) is 0 Å². The molecule has 0 fully saturated rings. The molecule has 0 aliphatic rings. The first-order valence-corrected chi connectivity index (χ1v) is 14.9. The first-order valence-electron chi connectivity index (χ1n) is 14.5. The molecule has 0 bridgehead atoms. The molecule has 9 aromatic rings. The van der Waals surface area contributed by atoms with Gasteiger partial charge < -0.3 is 4.42 Å². The molecule has 0 spiro atoms. The van der Waals surface area contributed by atoms with E-state index in [4.69, 9.17) is 31.0 Å². The fourth-order valence-electron chi connectivity index (χ4n) is 6.39. The number of halogens is 1. The average molecular weight is 584 g/mol. The van der Waals surface area contributed by atoms with Gasteiger partial charge in [-0.05, 0) is 56.6 Å². The van der Waals surface area contributed by atoms with Gasteiger partial charge in [-0.15, -0.1) is 0 Å². The largest absolute Gasteiger partial charge is 0.456 e. The molecule has 0 saturated heterocycles. The van der Waals surface area contributed by atoms with E-state index in [1.807, 2.05) is 66.7 Å². The number of nitrogens with zero attached hydrogens (tertiary/aromatic N) is 3. The Balaban J connectivity index is 1.36. The molecule has 0 saturated carbocycles. The first kappa shape index (κ1) is 25.0. The van der Waals surface area contributed by atoms with Gasteiger partial charge in [0.1, 0.15) is 11.2 Å². The van der Waals surface area contributed by atoms with Crippen molar-refractivity contribution in [1.82, 2.24) is 15.0 Å². The molecule has 44 heavy (non-hydrogen) atoms. The summed E-state index contributed by atoms with van der Waals surface area (Å²) in [4.78, 5) is 15.1. The highest BCUT2D eigenvalue weighted by Crippen LogP contribution is 2.41. The van der Waals surface area contributed by atoms with Gasteiger partial charge in [0.2, 0.25) is 0 Å². The van der Waals surface area contributed by atoms with Crippen LogP contribution in [0.25, 0.3) is 88.4 Å². The summed E-state index contributed by atoms with van der Waals surface area (Å²) in [6, 6.07) is 45.2. The number of benzene rings is 7. The molecule has 0 atom stereocenters. The highest BCUT2D eigenvalue weighted by molar-refractivity contribution is 6.36. The molecule has 4 nitrogen and oxygen atoms in total. The lowest BCUT2D eigenvalue weighted by molar-refractivity contribution is 0.669. The van der Waals surface area contributed by atoms with Crippen LogP contribution in [0.2, 0.25) is 5.02 Å². The van der Waals surface area contributed by atoms with Crippen molar-refractivity contribution in [2.24, 2.45) is 0 Å². The zero-order chi connectivity index (χ0) is 29.2. The minimum atomic E-state index is 0.516. The van der Waals surface area contributed by atoms with Crippen LogP contribution < -0.4 is 0 Å². The second-order valence-electron chi connectivity index (χ2n) is 10.9. The van der Waals surface area contributed by atoms with Crippen LogP contribution >= 0.6 is 11.6 Å².